The monoisotopic (exact) mass is 384 g/mol. The van der Waals surface area contributed by atoms with Crippen LogP contribution in [0.1, 0.15) is 30.0 Å². The molecule has 0 aliphatic heterocycles. The zero-order chi connectivity index (χ0) is 20.4. The molecule has 0 heterocycles. The fourth-order valence-corrected chi connectivity index (χ4v) is 3.62. The molecule has 0 saturated carbocycles. The zero-order valence-corrected chi connectivity index (χ0v) is 16.1. The zero-order valence-electron chi connectivity index (χ0n) is 16.1. The van der Waals surface area contributed by atoms with Gasteiger partial charge in [0, 0.05) is 5.57 Å². The average molecular weight is 384 g/mol. The highest BCUT2D eigenvalue weighted by atomic mass is 19.1. The van der Waals surface area contributed by atoms with Gasteiger partial charge < -0.3 is 19.3 Å². The van der Waals surface area contributed by atoms with Crippen LogP contribution in [-0.2, 0) is 9.53 Å². The van der Waals surface area contributed by atoms with Gasteiger partial charge in [0.1, 0.15) is 11.6 Å². The number of para-hydroxylation sites is 1. The Morgan fingerprint density at radius 2 is 1.82 bits per heavy atom. The lowest BCUT2D eigenvalue weighted by molar-refractivity contribution is -0.135. The molecule has 3 rings (SSSR count). The number of hydrogen-bond donors (Lipinski definition) is 1. The van der Waals surface area contributed by atoms with E-state index in [1.807, 2.05) is 19.1 Å². The second kappa shape index (κ2) is 7.76. The first-order valence-electron chi connectivity index (χ1n) is 8.64. The van der Waals surface area contributed by atoms with Crippen molar-refractivity contribution in [2.45, 2.75) is 13.3 Å². The first-order chi connectivity index (χ1) is 13.4. The molecule has 0 saturated heterocycles. The molecule has 0 fully saturated rings. The quantitative estimate of drug-likeness (QED) is 0.737. The van der Waals surface area contributed by atoms with Crippen LogP contribution >= 0.6 is 0 Å². The molecule has 0 bridgehead atoms. The molecule has 0 unspecified atom stereocenters. The van der Waals surface area contributed by atoms with Crippen LogP contribution in [0.2, 0.25) is 0 Å². The Kier molecular flexibility index (Phi) is 5.40. The van der Waals surface area contributed by atoms with Gasteiger partial charge in [-0.25, -0.2) is 4.39 Å². The minimum absolute atomic E-state index is 0.210. The molecule has 1 aliphatic rings. The summed E-state index contributed by atoms with van der Waals surface area (Å²) in [6, 6.07) is 9.78. The largest absolute Gasteiger partial charge is 0.495 e. The lowest BCUT2D eigenvalue weighted by atomic mass is 9.98. The van der Waals surface area contributed by atoms with Crippen molar-refractivity contribution in [3.8, 4) is 11.5 Å². The predicted octanol–water partition coefficient (Wildman–Crippen LogP) is 4.62. The topological polar surface area (TPSA) is 65.0 Å². The number of fused-ring (bicyclic) bond motifs is 1. The number of halogens is 1. The molecule has 0 radical (unpaired) electrons. The number of rotatable bonds is 6. The number of carboxylic acids is 1. The van der Waals surface area contributed by atoms with Crippen molar-refractivity contribution < 1.29 is 28.5 Å². The van der Waals surface area contributed by atoms with Crippen LogP contribution < -0.4 is 9.47 Å². The maximum Gasteiger partial charge on any atom is 0.307 e. The Morgan fingerprint density at radius 1 is 1.07 bits per heavy atom. The van der Waals surface area contributed by atoms with Gasteiger partial charge in [-0.15, -0.1) is 0 Å². The maximum absolute atomic E-state index is 13.9. The molecule has 2 aromatic rings. The summed E-state index contributed by atoms with van der Waals surface area (Å²) in [4.78, 5) is 11.4. The molecule has 1 N–H and O–H groups in total. The summed E-state index contributed by atoms with van der Waals surface area (Å²) in [7, 11) is 4.62. The molecule has 2 aromatic carbocycles. The molecular weight excluding hydrogens is 363 g/mol. The second-order valence-electron chi connectivity index (χ2n) is 6.31. The first kappa shape index (κ1) is 19.5. The van der Waals surface area contributed by atoms with Crippen LogP contribution in [0.5, 0.6) is 11.5 Å². The Bertz CT molecular complexity index is 1000. The maximum atomic E-state index is 13.9. The summed E-state index contributed by atoms with van der Waals surface area (Å²) < 4.78 is 30.5. The lowest BCUT2D eigenvalue weighted by Gasteiger charge is -2.17. The van der Waals surface area contributed by atoms with Crippen molar-refractivity contribution in [3.05, 3.63) is 64.5 Å². The lowest BCUT2D eigenvalue weighted by Crippen LogP contribution is -2.00. The van der Waals surface area contributed by atoms with Crippen molar-refractivity contribution in [3.63, 3.8) is 0 Å². The van der Waals surface area contributed by atoms with Gasteiger partial charge in [-0.05, 0) is 53.5 Å². The van der Waals surface area contributed by atoms with E-state index in [4.69, 9.17) is 14.2 Å². The van der Waals surface area contributed by atoms with Gasteiger partial charge in [0.15, 0.2) is 11.5 Å². The third-order valence-electron chi connectivity index (χ3n) is 4.81. The van der Waals surface area contributed by atoms with Gasteiger partial charge in [0.2, 0.25) is 0 Å². The van der Waals surface area contributed by atoms with Crippen LogP contribution in [0.3, 0.4) is 0 Å². The number of methoxy groups -OCH3 is 3. The fourth-order valence-electron chi connectivity index (χ4n) is 3.62. The number of hydrogen-bond acceptors (Lipinski definition) is 4. The van der Waals surface area contributed by atoms with Crippen molar-refractivity contribution >= 4 is 22.9 Å². The molecule has 0 spiro atoms. The van der Waals surface area contributed by atoms with Crippen LogP contribution in [0.15, 0.2) is 42.0 Å². The van der Waals surface area contributed by atoms with E-state index in [1.165, 1.54) is 26.4 Å². The van der Waals surface area contributed by atoms with Crippen molar-refractivity contribution in [2.24, 2.45) is 0 Å². The molecule has 6 heteroatoms. The molecule has 0 amide bonds. The number of allylic oxidation sites excluding steroid dienone is 2. The highest BCUT2D eigenvalue weighted by molar-refractivity contribution is 6.10. The summed E-state index contributed by atoms with van der Waals surface area (Å²) in [6.45, 7) is 1.82. The number of carbonyl (C=O) groups is 1. The highest BCUT2D eigenvalue weighted by Gasteiger charge is 2.30. The van der Waals surface area contributed by atoms with Crippen molar-refractivity contribution in [2.75, 3.05) is 21.3 Å². The van der Waals surface area contributed by atoms with E-state index >= 15 is 0 Å². The summed E-state index contributed by atoms with van der Waals surface area (Å²) >= 11 is 0. The number of carboxylic acid groups (broad SMARTS) is 1. The Labute approximate surface area is 162 Å². The normalized spacial score (nSPS) is 14.6. The Hall–Kier alpha value is -3.28. The third-order valence-corrected chi connectivity index (χ3v) is 4.81. The minimum atomic E-state index is -0.983. The molecule has 5 nitrogen and oxygen atoms in total. The van der Waals surface area contributed by atoms with E-state index in [-0.39, 0.29) is 6.42 Å². The van der Waals surface area contributed by atoms with E-state index in [9.17, 15) is 14.3 Å². The summed E-state index contributed by atoms with van der Waals surface area (Å²) in [5.41, 5.74) is 3.94. The number of ether oxygens (including phenoxy) is 3. The minimum Gasteiger partial charge on any atom is -0.495 e. The van der Waals surface area contributed by atoms with E-state index in [2.05, 4.69) is 0 Å². The van der Waals surface area contributed by atoms with Gasteiger partial charge >= 0.3 is 5.97 Å². The van der Waals surface area contributed by atoms with E-state index in [1.54, 1.807) is 19.2 Å². The smallest absolute Gasteiger partial charge is 0.307 e. The van der Waals surface area contributed by atoms with Crippen molar-refractivity contribution in [1.29, 1.82) is 0 Å². The molecule has 28 heavy (non-hydrogen) atoms. The van der Waals surface area contributed by atoms with Gasteiger partial charge in [-0.1, -0.05) is 12.1 Å². The molecule has 1 aliphatic carbocycles. The Morgan fingerprint density at radius 3 is 2.43 bits per heavy atom. The molecule has 0 atom stereocenters. The van der Waals surface area contributed by atoms with Crippen LogP contribution in [0.25, 0.3) is 16.9 Å². The third kappa shape index (κ3) is 3.22. The standard InChI is InChI=1S/C22H21FO5/c1-12-16(11-19(24)25)17-10-13(23)8-9-14(17)20(12)22(28-4)15-6-5-7-18(26-2)21(15)27-3/h5-10H,11H2,1-4H3,(H,24,25). The highest BCUT2D eigenvalue weighted by Crippen LogP contribution is 2.48. The predicted molar refractivity (Wildman–Crippen MR) is 105 cm³/mol. The van der Waals surface area contributed by atoms with Gasteiger partial charge in [-0.3, -0.25) is 4.79 Å². The van der Waals surface area contributed by atoms with Crippen molar-refractivity contribution in [1.82, 2.24) is 0 Å². The summed E-state index contributed by atoms with van der Waals surface area (Å²) in [6.07, 6.45) is -0.210. The molecule has 0 aromatic heterocycles. The number of aliphatic carboxylic acids is 1. The molecular formula is C22H21FO5. The first-order valence-corrected chi connectivity index (χ1v) is 8.64. The van der Waals surface area contributed by atoms with Crippen LogP contribution in [0, 0.1) is 5.82 Å². The van der Waals surface area contributed by atoms with Gasteiger partial charge in [0.05, 0.1) is 33.3 Å². The van der Waals surface area contributed by atoms with E-state index in [0.717, 1.165) is 11.1 Å². The van der Waals surface area contributed by atoms with E-state index < -0.39 is 11.8 Å². The molecule has 146 valence electrons. The summed E-state index contributed by atoms with van der Waals surface area (Å²) in [5, 5.41) is 9.32. The van der Waals surface area contributed by atoms with Gasteiger partial charge in [-0.2, -0.15) is 0 Å². The van der Waals surface area contributed by atoms with Gasteiger partial charge in [0.25, 0.3) is 0 Å². The van der Waals surface area contributed by atoms with E-state index in [0.29, 0.717) is 39.5 Å². The Balaban J connectivity index is 2.35. The summed E-state index contributed by atoms with van der Waals surface area (Å²) in [5.74, 6) is 0.135. The second-order valence-corrected chi connectivity index (χ2v) is 6.31. The van der Waals surface area contributed by atoms with Crippen LogP contribution in [-0.4, -0.2) is 32.4 Å². The van der Waals surface area contributed by atoms with Crippen LogP contribution in [0.4, 0.5) is 4.39 Å². The number of benzene rings is 2. The fraction of sp³-hybridized carbons (Fsp3) is 0.227. The average Bonchev–Trinajstić information content (AvgIpc) is 2.93. The SMILES string of the molecule is COC(=C1C(C)=C(CC(=O)O)c2cc(F)ccc21)c1cccc(OC)c1OC.